The number of nitrogens with zero attached hydrogens (tertiary/aromatic N) is 3. The van der Waals surface area contributed by atoms with Gasteiger partial charge in [-0.2, -0.15) is 5.10 Å². The highest BCUT2D eigenvalue weighted by molar-refractivity contribution is 14.1. The normalized spacial score (nSPS) is 20.2. The fraction of sp³-hybridized carbons (Fsp3) is 0.917. The summed E-state index contributed by atoms with van der Waals surface area (Å²) in [7, 11) is 0. The molecule has 0 saturated heterocycles. The smallest absolute Gasteiger partial charge is 0.171 e. The summed E-state index contributed by atoms with van der Waals surface area (Å²) in [6.45, 7) is 8.95. The zero-order chi connectivity index (χ0) is 12.0. The monoisotopic (exact) mass is 337 g/mol. The van der Waals surface area contributed by atoms with E-state index in [-0.39, 0.29) is 0 Å². The first kappa shape index (κ1) is 14.1. The van der Waals surface area contributed by atoms with Gasteiger partial charge in [-0.25, -0.2) is 0 Å². The van der Waals surface area contributed by atoms with Crippen LogP contribution in [0.15, 0.2) is 5.10 Å². The number of hydrogen-bond acceptors (Lipinski definition) is 3. The molecule has 0 N–H and O–H groups in total. The first-order valence-electron chi connectivity index (χ1n) is 6.35. The van der Waals surface area contributed by atoms with E-state index in [2.05, 4.69) is 58.4 Å². The van der Waals surface area contributed by atoms with Crippen molar-refractivity contribution in [1.29, 1.82) is 0 Å². The number of hydrogen-bond donors (Lipinski definition) is 0. The van der Waals surface area contributed by atoms with E-state index in [1.165, 1.54) is 25.7 Å². The predicted octanol–water partition coefficient (Wildman–Crippen LogP) is 3.50. The molecule has 0 fully saturated rings. The Morgan fingerprint density at radius 1 is 1.31 bits per heavy atom. The molecule has 0 radical (unpaired) electrons. The molecule has 1 rings (SSSR count). The summed E-state index contributed by atoms with van der Waals surface area (Å²) in [5.41, 5.74) is 0. The van der Waals surface area contributed by atoms with E-state index in [1.54, 1.807) is 0 Å². The number of unbranched alkanes of at least 4 members (excludes halogenated alkanes) is 3. The van der Waals surface area contributed by atoms with Crippen molar-refractivity contribution in [2.75, 3.05) is 13.1 Å². The summed E-state index contributed by atoms with van der Waals surface area (Å²) < 4.78 is 0.418. The summed E-state index contributed by atoms with van der Waals surface area (Å²) in [5.74, 6) is 0.698. The van der Waals surface area contributed by atoms with Gasteiger partial charge < -0.3 is 4.90 Å². The highest BCUT2D eigenvalue weighted by Crippen LogP contribution is 2.20. The van der Waals surface area contributed by atoms with E-state index in [1.807, 2.05) is 6.34 Å². The van der Waals surface area contributed by atoms with Gasteiger partial charge >= 0.3 is 0 Å². The van der Waals surface area contributed by atoms with Gasteiger partial charge in [0.15, 0.2) is 4.17 Å². The second kappa shape index (κ2) is 7.35. The van der Waals surface area contributed by atoms with Gasteiger partial charge in [0.05, 0.1) is 0 Å². The van der Waals surface area contributed by atoms with Gasteiger partial charge in [-0.3, -0.25) is 5.01 Å². The minimum atomic E-state index is 0.418. The molecule has 1 unspecified atom stereocenters. The minimum absolute atomic E-state index is 0.418. The molecule has 3 nitrogen and oxygen atoms in total. The topological polar surface area (TPSA) is 18.8 Å². The van der Waals surface area contributed by atoms with Crippen LogP contribution in [-0.2, 0) is 0 Å². The lowest BCUT2D eigenvalue weighted by atomic mass is 10.2. The molecule has 1 aliphatic heterocycles. The molecular weight excluding hydrogens is 313 g/mol. The average Bonchev–Trinajstić information content (AvgIpc) is 2.56. The van der Waals surface area contributed by atoms with Crippen LogP contribution in [0.3, 0.4) is 0 Å². The van der Waals surface area contributed by atoms with E-state index in [0.717, 1.165) is 13.1 Å². The highest BCUT2D eigenvalue weighted by Gasteiger charge is 2.24. The van der Waals surface area contributed by atoms with E-state index < -0.39 is 0 Å². The summed E-state index contributed by atoms with van der Waals surface area (Å²) >= 11 is 2.48. The molecule has 0 aromatic rings. The van der Waals surface area contributed by atoms with Gasteiger partial charge in [-0.1, -0.05) is 40.0 Å². The van der Waals surface area contributed by atoms with Crippen molar-refractivity contribution in [2.45, 2.75) is 50.6 Å². The lowest BCUT2D eigenvalue weighted by molar-refractivity contribution is 0.204. The van der Waals surface area contributed by atoms with Crippen LogP contribution >= 0.6 is 22.6 Å². The van der Waals surface area contributed by atoms with Gasteiger partial charge in [-0.15, -0.1) is 0 Å². The van der Waals surface area contributed by atoms with E-state index in [4.69, 9.17) is 0 Å². The quantitative estimate of drug-likeness (QED) is 0.306. The summed E-state index contributed by atoms with van der Waals surface area (Å²) in [4.78, 5) is 2.32. The molecule has 16 heavy (non-hydrogen) atoms. The first-order valence-corrected chi connectivity index (χ1v) is 7.60. The maximum atomic E-state index is 4.48. The Hall–Kier alpha value is 0. The van der Waals surface area contributed by atoms with Crippen molar-refractivity contribution in [3.63, 3.8) is 0 Å². The SMILES string of the molecule is CCCCCCN1N=CN(CC(C)C)C1I. The molecule has 0 aliphatic carbocycles. The van der Waals surface area contributed by atoms with Gasteiger partial charge in [0, 0.05) is 13.1 Å². The third-order valence-corrected chi connectivity index (χ3v) is 4.04. The van der Waals surface area contributed by atoms with Crippen LogP contribution in [0.5, 0.6) is 0 Å². The molecule has 0 aromatic heterocycles. The van der Waals surface area contributed by atoms with Crippen LogP contribution in [0.2, 0.25) is 0 Å². The van der Waals surface area contributed by atoms with E-state index in [9.17, 15) is 0 Å². The second-order valence-electron chi connectivity index (χ2n) is 4.86. The fourth-order valence-corrected chi connectivity index (χ4v) is 2.63. The molecule has 0 amide bonds. The molecule has 0 bridgehead atoms. The number of halogens is 1. The molecule has 0 spiro atoms. The number of hydrazone groups is 1. The van der Waals surface area contributed by atoms with Gasteiger partial charge in [0.2, 0.25) is 0 Å². The molecule has 0 saturated carbocycles. The van der Waals surface area contributed by atoms with Crippen molar-refractivity contribution in [3.05, 3.63) is 0 Å². The first-order chi connectivity index (χ1) is 7.65. The van der Waals surface area contributed by atoms with Crippen molar-refractivity contribution in [1.82, 2.24) is 9.91 Å². The Labute approximate surface area is 113 Å². The van der Waals surface area contributed by atoms with Crippen LogP contribution in [-0.4, -0.2) is 33.5 Å². The lowest BCUT2D eigenvalue weighted by Crippen LogP contribution is -2.37. The zero-order valence-corrected chi connectivity index (χ0v) is 12.9. The van der Waals surface area contributed by atoms with Crippen LogP contribution in [0.4, 0.5) is 0 Å². The van der Waals surface area contributed by atoms with Crippen molar-refractivity contribution < 1.29 is 0 Å². The summed E-state index contributed by atoms with van der Waals surface area (Å²) in [5, 5.41) is 6.68. The van der Waals surface area contributed by atoms with E-state index >= 15 is 0 Å². The Bertz CT molecular complexity index is 218. The van der Waals surface area contributed by atoms with Crippen LogP contribution in [0.1, 0.15) is 46.5 Å². The predicted molar refractivity (Wildman–Crippen MR) is 78.7 cm³/mol. The molecular formula is C12H24IN3. The summed E-state index contributed by atoms with van der Waals surface area (Å²) in [6.07, 6.45) is 7.24. The lowest BCUT2D eigenvalue weighted by Gasteiger charge is -2.27. The average molecular weight is 337 g/mol. The van der Waals surface area contributed by atoms with Crippen LogP contribution in [0.25, 0.3) is 0 Å². The largest absolute Gasteiger partial charge is 0.331 e. The Kier molecular flexibility index (Phi) is 6.46. The van der Waals surface area contributed by atoms with Crippen LogP contribution < -0.4 is 0 Å². The third-order valence-electron chi connectivity index (χ3n) is 2.68. The Morgan fingerprint density at radius 2 is 2.06 bits per heavy atom. The molecule has 1 atom stereocenters. The van der Waals surface area contributed by atoms with Crippen molar-refractivity contribution >= 4 is 28.9 Å². The number of alkyl halides is 1. The molecule has 4 heteroatoms. The maximum absolute atomic E-state index is 4.48. The Morgan fingerprint density at radius 3 is 2.69 bits per heavy atom. The van der Waals surface area contributed by atoms with Gasteiger partial charge in [-0.05, 0) is 34.9 Å². The summed E-state index contributed by atoms with van der Waals surface area (Å²) in [6, 6.07) is 0. The third kappa shape index (κ3) is 4.47. The molecule has 1 heterocycles. The fourth-order valence-electron chi connectivity index (χ4n) is 1.83. The zero-order valence-electron chi connectivity index (χ0n) is 10.7. The minimum Gasteiger partial charge on any atom is -0.331 e. The van der Waals surface area contributed by atoms with Gasteiger partial charge in [0.25, 0.3) is 0 Å². The van der Waals surface area contributed by atoms with E-state index in [0.29, 0.717) is 10.1 Å². The molecule has 0 aromatic carbocycles. The molecule has 94 valence electrons. The highest BCUT2D eigenvalue weighted by atomic mass is 127. The maximum Gasteiger partial charge on any atom is 0.171 e. The van der Waals surface area contributed by atoms with Crippen molar-refractivity contribution in [2.24, 2.45) is 11.0 Å². The molecule has 1 aliphatic rings. The second-order valence-corrected chi connectivity index (χ2v) is 5.97. The van der Waals surface area contributed by atoms with Crippen molar-refractivity contribution in [3.8, 4) is 0 Å². The Balaban J connectivity index is 2.23. The van der Waals surface area contributed by atoms with Gasteiger partial charge in [0.1, 0.15) is 6.34 Å². The standard InChI is InChI=1S/C12H24IN3/c1-4-5-6-7-8-16-12(13)15(10-14-16)9-11(2)3/h10-12H,4-9H2,1-3H3. The number of rotatable bonds is 7. The van der Waals surface area contributed by atoms with Crippen LogP contribution in [0, 0.1) is 5.92 Å².